The van der Waals surface area contributed by atoms with Crippen molar-refractivity contribution in [3.05, 3.63) is 60.2 Å². The summed E-state index contributed by atoms with van der Waals surface area (Å²) >= 11 is 0. The van der Waals surface area contributed by atoms with E-state index in [-0.39, 0.29) is 11.9 Å². The highest BCUT2D eigenvalue weighted by atomic mass is 16.5. The second kappa shape index (κ2) is 6.12. The lowest BCUT2D eigenvalue weighted by molar-refractivity contribution is -0.119. The molecular formula is C18H18N2O3. The van der Waals surface area contributed by atoms with E-state index in [9.17, 15) is 9.59 Å². The van der Waals surface area contributed by atoms with Gasteiger partial charge in [-0.3, -0.25) is 4.79 Å². The third kappa shape index (κ3) is 2.77. The molecule has 0 bridgehead atoms. The van der Waals surface area contributed by atoms with Crippen LogP contribution < -0.4 is 9.64 Å². The Kier molecular flexibility index (Phi) is 4.02. The zero-order chi connectivity index (χ0) is 16.4. The van der Waals surface area contributed by atoms with E-state index in [2.05, 4.69) is 0 Å². The molecule has 1 atom stereocenters. The van der Waals surface area contributed by atoms with Crippen LogP contribution in [0.15, 0.2) is 54.6 Å². The normalized spacial score (nSPS) is 17.7. The molecule has 0 N–H and O–H groups in total. The van der Waals surface area contributed by atoms with Crippen LogP contribution in [0.2, 0.25) is 0 Å². The standard InChI is InChI=1S/C18H18N2O3/c1-13-17(21)20(15-6-4-3-5-7-15)18(22)19(13)12-14-8-10-16(23-2)11-9-14/h3-11,13H,12H2,1-2H3/t13-/m1/s1. The average Bonchev–Trinajstić information content (AvgIpc) is 2.80. The summed E-state index contributed by atoms with van der Waals surface area (Å²) in [5.74, 6) is 0.561. The monoisotopic (exact) mass is 310 g/mol. The lowest BCUT2D eigenvalue weighted by Crippen LogP contribution is -2.33. The number of carbonyl (C=O) groups is 2. The Bertz CT molecular complexity index is 713. The fourth-order valence-electron chi connectivity index (χ4n) is 2.66. The Hall–Kier alpha value is -2.82. The average molecular weight is 310 g/mol. The molecule has 23 heavy (non-hydrogen) atoms. The van der Waals surface area contributed by atoms with Crippen LogP contribution in [0.25, 0.3) is 0 Å². The summed E-state index contributed by atoms with van der Waals surface area (Å²) in [6, 6.07) is 15.7. The number of ether oxygens (including phenoxy) is 1. The summed E-state index contributed by atoms with van der Waals surface area (Å²) in [6.07, 6.45) is 0. The van der Waals surface area contributed by atoms with Crippen molar-refractivity contribution in [3.8, 4) is 5.75 Å². The molecule has 1 saturated heterocycles. The van der Waals surface area contributed by atoms with Crippen LogP contribution >= 0.6 is 0 Å². The zero-order valence-electron chi connectivity index (χ0n) is 13.1. The van der Waals surface area contributed by atoms with Crippen LogP contribution in [0.4, 0.5) is 10.5 Å². The number of methoxy groups -OCH3 is 1. The van der Waals surface area contributed by atoms with E-state index >= 15 is 0 Å². The third-order valence-electron chi connectivity index (χ3n) is 4.01. The first-order valence-corrected chi connectivity index (χ1v) is 7.44. The Morgan fingerprint density at radius 3 is 2.26 bits per heavy atom. The second-order valence-corrected chi connectivity index (χ2v) is 5.44. The first-order chi connectivity index (χ1) is 11.1. The van der Waals surface area contributed by atoms with Crippen LogP contribution in [-0.2, 0) is 11.3 Å². The van der Waals surface area contributed by atoms with Crippen molar-refractivity contribution in [1.29, 1.82) is 0 Å². The SMILES string of the molecule is COc1ccc(CN2C(=O)N(c3ccccc3)C(=O)[C@H]2C)cc1. The van der Waals surface area contributed by atoms with Gasteiger partial charge in [0.25, 0.3) is 5.91 Å². The fourth-order valence-corrected chi connectivity index (χ4v) is 2.66. The zero-order valence-corrected chi connectivity index (χ0v) is 13.1. The smallest absolute Gasteiger partial charge is 0.332 e. The summed E-state index contributed by atoms with van der Waals surface area (Å²) in [5.41, 5.74) is 1.56. The van der Waals surface area contributed by atoms with E-state index in [1.807, 2.05) is 42.5 Å². The number of hydrogen-bond acceptors (Lipinski definition) is 3. The van der Waals surface area contributed by atoms with Gasteiger partial charge in [0, 0.05) is 6.54 Å². The minimum Gasteiger partial charge on any atom is -0.497 e. The number of para-hydroxylation sites is 1. The maximum atomic E-state index is 12.7. The van der Waals surface area contributed by atoms with E-state index in [1.54, 1.807) is 31.1 Å². The molecule has 2 aromatic rings. The summed E-state index contributed by atoms with van der Waals surface area (Å²) in [5, 5.41) is 0. The van der Waals surface area contributed by atoms with Crippen molar-refractivity contribution in [2.75, 3.05) is 12.0 Å². The molecule has 0 unspecified atom stereocenters. The Balaban J connectivity index is 1.82. The van der Waals surface area contributed by atoms with E-state index in [1.165, 1.54) is 4.90 Å². The third-order valence-corrected chi connectivity index (χ3v) is 4.01. The van der Waals surface area contributed by atoms with E-state index in [0.717, 1.165) is 11.3 Å². The number of urea groups is 1. The Morgan fingerprint density at radius 2 is 1.65 bits per heavy atom. The molecule has 0 aromatic heterocycles. The minimum absolute atomic E-state index is 0.199. The molecule has 2 aromatic carbocycles. The van der Waals surface area contributed by atoms with Gasteiger partial charge in [-0.25, -0.2) is 9.69 Å². The minimum atomic E-state index is -0.482. The molecule has 5 nitrogen and oxygen atoms in total. The van der Waals surface area contributed by atoms with Gasteiger partial charge < -0.3 is 9.64 Å². The molecular weight excluding hydrogens is 292 g/mol. The first kappa shape index (κ1) is 15.1. The lowest BCUT2D eigenvalue weighted by Gasteiger charge is -2.19. The van der Waals surface area contributed by atoms with Gasteiger partial charge in [-0.05, 0) is 36.8 Å². The van der Waals surface area contributed by atoms with Gasteiger partial charge in [-0.15, -0.1) is 0 Å². The molecule has 118 valence electrons. The molecule has 0 aliphatic carbocycles. The van der Waals surface area contributed by atoms with Crippen molar-refractivity contribution < 1.29 is 14.3 Å². The number of anilines is 1. The molecule has 5 heteroatoms. The van der Waals surface area contributed by atoms with Crippen LogP contribution in [0.5, 0.6) is 5.75 Å². The molecule has 0 saturated carbocycles. The van der Waals surface area contributed by atoms with Crippen LogP contribution in [0, 0.1) is 0 Å². The quantitative estimate of drug-likeness (QED) is 0.816. The predicted octanol–water partition coefficient (Wildman–Crippen LogP) is 3.05. The predicted molar refractivity (Wildman–Crippen MR) is 87.3 cm³/mol. The van der Waals surface area contributed by atoms with Gasteiger partial charge in [0.2, 0.25) is 0 Å². The van der Waals surface area contributed by atoms with Gasteiger partial charge in [-0.2, -0.15) is 0 Å². The molecule has 1 heterocycles. The van der Waals surface area contributed by atoms with E-state index < -0.39 is 6.04 Å². The maximum Gasteiger partial charge on any atom is 0.332 e. The highest BCUT2D eigenvalue weighted by Crippen LogP contribution is 2.26. The second-order valence-electron chi connectivity index (χ2n) is 5.44. The highest BCUT2D eigenvalue weighted by Gasteiger charge is 2.43. The summed E-state index contributed by atoms with van der Waals surface area (Å²) < 4.78 is 5.13. The molecule has 1 fully saturated rings. The number of amides is 3. The first-order valence-electron chi connectivity index (χ1n) is 7.44. The number of benzene rings is 2. The van der Waals surface area contributed by atoms with Crippen molar-refractivity contribution >= 4 is 17.6 Å². The van der Waals surface area contributed by atoms with Gasteiger partial charge in [0.05, 0.1) is 12.8 Å². The van der Waals surface area contributed by atoms with E-state index in [0.29, 0.717) is 12.2 Å². The van der Waals surface area contributed by atoms with E-state index in [4.69, 9.17) is 4.74 Å². The van der Waals surface area contributed by atoms with Crippen LogP contribution in [0.1, 0.15) is 12.5 Å². The highest BCUT2D eigenvalue weighted by molar-refractivity contribution is 6.21. The molecule has 3 rings (SSSR count). The Morgan fingerprint density at radius 1 is 1.00 bits per heavy atom. The van der Waals surface area contributed by atoms with Gasteiger partial charge in [-0.1, -0.05) is 30.3 Å². The number of hydrogen-bond donors (Lipinski definition) is 0. The van der Waals surface area contributed by atoms with Crippen LogP contribution in [-0.4, -0.2) is 30.0 Å². The number of imide groups is 1. The fraction of sp³-hybridized carbons (Fsp3) is 0.222. The molecule has 0 radical (unpaired) electrons. The summed E-state index contributed by atoms with van der Waals surface area (Å²) in [4.78, 5) is 27.9. The van der Waals surface area contributed by atoms with Crippen molar-refractivity contribution in [3.63, 3.8) is 0 Å². The molecule has 1 aliphatic rings. The largest absolute Gasteiger partial charge is 0.497 e. The topological polar surface area (TPSA) is 49.9 Å². The van der Waals surface area contributed by atoms with Gasteiger partial charge >= 0.3 is 6.03 Å². The van der Waals surface area contributed by atoms with Crippen molar-refractivity contribution in [1.82, 2.24) is 4.90 Å². The summed E-state index contributed by atoms with van der Waals surface area (Å²) in [7, 11) is 1.61. The van der Waals surface area contributed by atoms with Gasteiger partial charge in [0.15, 0.2) is 0 Å². The maximum absolute atomic E-state index is 12.7. The molecule has 0 spiro atoms. The van der Waals surface area contributed by atoms with Crippen molar-refractivity contribution in [2.24, 2.45) is 0 Å². The number of nitrogens with zero attached hydrogens (tertiary/aromatic N) is 2. The number of rotatable bonds is 4. The molecule has 1 aliphatic heterocycles. The lowest BCUT2D eigenvalue weighted by atomic mass is 10.2. The van der Waals surface area contributed by atoms with Gasteiger partial charge in [0.1, 0.15) is 11.8 Å². The summed E-state index contributed by atoms with van der Waals surface area (Å²) in [6.45, 7) is 2.14. The Labute approximate surface area is 135 Å². The van der Waals surface area contributed by atoms with Crippen molar-refractivity contribution in [2.45, 2.75) is 19.5 Å². The number of carbonyl (C=O) groups excluding carboxylic acids is 2. The van der Waals surface area contributed by atoms with Crippen LogP contribution in [0.3, 0.4) is 0 Å². The molecule has 3 amide bonds.